The summed E-state index contributed by atoms with van der Waals surface area (Å²) in [6.07, 6.45) is 0.813. The molecule has 0 saturated carbocycles. The predicted octanol–water partition coefficient (Wildman–Crippen LogP) is 2.97. The van der Waals surface area contributed by atoms with Gasteiger partial charge < -0.3 is 4.90 Å². The van der Waals surface area contributed by atoms with E-state index in [1.165, 1.54) is 6.07 Å². The summed E-state index contributed by atoms with van der Waals surface area (Å²) in [5.74, 6) is -0.350. The maximum absolute atomic E-state index is 12.9. The third-order valence-corrected chi connectivity index (χ3v) is 3.73. The van der Waals surface area contributed by atoms with Gasteiger partial charge >= 0.3 is 0 Å². The van der Waals surface area contributed by atoms with Gasteiger partial charge in [0.2, 0.25) is 5.91 Å². The van der Waals surface area contributed by atoms with Gasteiger partial charge in [-0.1, -0.05) is 33.6 Å². The number of carbonyl (C=O) groups is 1. The highest BCUT2D eigenvalue weighted by atomic mass is 79.9. The van der Waals surface area contributed by atoms with Gasteiger partial charge in [0.25, 0.3) is 0 Å². The molecule has 2 nitrogen and oxygen atoms in total. The standard InChI is InChI=1S/C11H10BrClFNO/c12-8-3-4-15(11(8)16)6-7-1-2-10(14)9(13)5-7/h1-2,5,8H,3-4,6H2/t8-/m0/s1. The Morgan fingerprint density at radius 3 is 2.88 bits per heavy atom. The van der Waals surface area contributed by atoms with E-state index in [0.29, 0.717) is 6.54 Å². The third kappa shape index (κ3) is 2.38. The number of amides is 1. The fourth-order valence-corrected chi connectivity index (χ4v) is 2.41. The Balaban J connectivity index is 2.10. The Labute approximate surface area is 107 Å². The molecule has 5 heteroatoms. The van der Waals surface area contributed by atoms with E-state index in [9.17, 15) is 9.18 Å². The van der Waals surface area contributed by atoms with Gasteiger partial charge in [0, 0.05) is 13.1 Å². The lowest BCUT2D eigenvalue weighted by molar-refractivity contribution is -0.127. The Morgan fingerprint density at radius 1 is 1.56 bits per heavy atom. The van der Waals surface area contributed by atoms with Crippen LogP contribution in [-0.2, 0) is 11.3 Å². The Kier molecular flexibility index (Phi) is 3.50. The average Bonchev–Trinajstić information content (AvgIpc) is 2.55. The molecule has 0 aliphatic carbocycles. The number of halogens is 3. The number of carbonyl (C=O) groups excluding carboxylic acids is 1. The van der Waals surface area contributed by atoms with E-state index in [0.717, 1.165) is 18.5 Å². The molecule has 2 rings (SSSR count). The number of hydrogen-bond acceptors (Lipinski definition) is 1. The smallest absolute Gasteiger partial charge is 0.236 e. The first-order chi connectivity index (χ1) is 7.58. The van der Waals surface area contributed by atoms with Gasteiger partial charge in [0.15, 0.2) is 0 Å². The number of likely N-dealkylation sites (tertiary alicyclic amines) is 1. The van der Waals surface area contributed by atoms with Crippen molar-refractivity contribution in [3.63, 3.8) is 0 Å². The normalized spacial score (nSPS) is 20.6. The van der Waals surface area contributed by atoms with Crippen LogP contribution in [0.15, 0.2) is 18.2 Å². The first kappa shape index (κ1) is 11.9. The molecular weight excluding hydrogens is 296 g/mol. The minimum atomic E-state index is -0.434. The van der Waals surface area contributed by atoms with Crippen LogP contribution in [0.4, 0.5) is 4.39 Å². The van der Waals surface area contributed by atoms with E-state index in [-0.39, 0.29) is 15.8 Å². The van der Waals surface area contributed by atoms with Crippen LogP contribution in [0.1, 0.15) is 12.0 Å². The predicted molar refractivity (Wildman–Crippen MR) is 64.2 cm³/mol. The first-order valence-corrected chi connectivity index (χ1v) is 6.24. The van der Waals surface area contributed by atoms with Gasteiger partial charge in [0.05, 0.1) is 9.85 Å². The van der Waals surface area contributed by atoms with Gasteiger partial charge in [-0.2, -0.15) is 0 Å². The summed E-state index contributed by atoms with van der Waals surface area (Å²) in [5.41, 5.74) is 0.848. The SMILES string of the molecule is O=C1[C@@H](Br)CCN1Cc1ccc(F)c(Cl)c1. The van der Waals surface area contributed by atoms with Crippen molar-refractivity contribution < 1.29 is 9.18 Å². The lowest BCUT2D eigenvalue weighted by atomic mass is 10.2. The fourth-order valence-electron chi connectivity index (χ4n) is 1.72. The molecule has 1 aliphatic rings. The molecule has 1 saturated heterocycles. The van der Waals surface area contributed by atoms with Gasteiger partial charge in [-0.25, -0.2) is 4.39 Å². The first-order valence-electron chi connectivity index (χ1n) is 4.94. The minimum Gasteiger partial charge on any atom is -0.337 e. The highest BCUT2D eigenvalue weighted by Crippen LogP contribution is 2.22. The molecule has 1 fully saturated rings. The van der Waals surface area contributed by atoms with E-state index in [4.69, 9.17) is 11.6 Å². The van der Waals surface area contributed by atoms with Crippen molar-refractivity contribution >= 4 is 33.4 Å². The molecule has 1 aromatic carbocycles. The topological polar surface area (TPSA) is 20.3 Å². The van der Waals surface area contributed by atoms with Crippen molar-refractivity contribution in [2.75, 3.05) is 6.54 Å². The second kappa shape index (κ2) is 4.72. The minimum absolute atomic E-state index is 0.0802. The Morgan fingerprint density at radius 2 is 2.31 bits per heavy atom. The molecule has 0 bridgehead atoms. The summed E-state index contributed by atoms with van der Waals surface area (Å²) in [4.78, 5) is 13.3. The van der Waals surface area contributed by atoms with Gasteiger partial charge in [-0.3, -0.25) is 4.79 Å². The molecular formula is C11H10BrClFNO. The number of hydrogen-bond donors (Lipinski definition) is 0. The maximum atomic E-state index is 12.9. The lowest BCUT2D eigenvalue weighted by Gasteiger charge is -2.15. The van der Waals surface area contributed by atoms with Crippen LogP contribution in [0.3, 0.4) is 0 Å². The van der Waals surface area contributed by atoms with Gasteiger partial charge in [-0.15, -0.1) is 0 Å². The largest absolute Gasteiger partial charge is 0.337 e. The molecule has 0 spiro atoms. The summed E-state index contributed by atoms with van der Waals surface area (Å²) < 4.78 is 12.9. The molecule has 0 unspecified atom stereocenters. The molecule has 1 amide bonds. The van der Waals surface area contributed by atoms with E-state index in [1.807, 2.05) is 0 Å². The molecule has 86 valence electrons. The molecule has 0 radical (unpaired) electrons. The summed E-state index contributed by atoms with van der Waals surface area (Å²) in [7, 11) is 0. The van der Waals surface area contributed by atoms with E-state index in [2.05, 4.69) is 15.9 Å². The van der Waals surface area contributed by atoms with Gasteiger partial charge in [-0.05, 0) is 24.1 Å². The highest BCUT2D eigenvalue weighted by Gasteiger charge is 2.29. The zero-order chi connectivity index (χ0) is 11.7. The molecule has 1 atom stereocenters. The van der Waals surface area contributed by atoms with Crippen molar-refractivity contribution in [2.45, 2.75) is 17.8 Å². The van der Waals surface area contributed by atoms with Crippen molar-refractivity contribution in [1.82, 2.24) is 4.90 Å². The van der Waals surface area contributed by atoms with Crippen LogP contribution < -0.4 is 0 Å². The quantitative estimate of drug-likeness (QED) is 0.769. The molecule has 0 aromatic heterocycles. The summed E-state index contributed by atoms with van der Waals surface area (Å²) in [6, 6.07) is 4.53. The lowest BCUT2D eigenvalue weighted by Crippen LogP contribution is -2.26. The molecule has 1 aromatic rings. The summed E-state index contributed by atoms with van der Waals surface area (Å²) >= 11 is 8.98. The van der Waals surface area contributed by atoms with Crippen LogP contribution in [-0.4, -0.2) is 22.2 Å². The molecule has 16 heavy (non-hydrogen) atoms. The molecule has 1 heterocycles. The van der Waals surface area contributed by atoms with Crippen molar-refractivity contribution in [1.29, 1.82) is 0 Å². The zero-order valence-electron chi connectivity index (χ0n) is 8.42. The van der Waals surface area contributed by atoms with Crippen LogP contribution in [0.2, 0.25) is 5.02 Å². The number of nitrogens with zero attached hydrogens (tertiary/aromatic N) is 1. The van der Waals surface area contributed by atoms with E-state index in [1.54, 1.807) is 17.0 Å². The Hall–Kier alpha value is -0.610. The fraction of sp³-hybridized carbons (Fsp3) is 0.364. The average molecular weight is 307 g/mol. The number of rotatable bonds is 2. The number of alkyl halides is 1. The molecule has 1 aliphatic heterocycles. The highest BCUT2D eigenvalue weighted by molar-refractivity contribution is 9.10. The second-order valence-electron chi connectivity index (χ2n) is 3.76. The zero-order valence-corrected chi connectivity index (χ0v) is 10.8. The monoisotopic (exact) mass is 305 g/mol. The number of benzene rings is 1. The molecule has 0 N–H and O–H groups in total. The van der Waals surface area contributed by atoms with Crippen molar-refractivity contribution in [3.8, 4) is 0 Å². The second-order valence-corrected chi connectivity index (χ2v) is 5.28. The third-order valence-electron chi connectivity index (χ3n) is 2.59. The van der Waals surface area contributed by atoms with E-state index < -0.39 is 5.82 Å². The van der Waals surface area contributed by atoms with Crippen LogP contribution in [0, 0.1) is 5.82 Å². The summed E-state index contributed by atoms with van der Waals surface area (Å²) in [6.45, 7) is 1.21. The van der Waals surface area contributed by atoms with Crippen molar-refractivity contribution in [3.05, 3.63) is 34.6 Å². The van der Waals surface area contributed by atoms with Crippen LogP contribution in [0.25, 0.3) is 0 Å². The van der Waals surface area contributed by atoms with Crippen molar-refractivity contribution in [2.24, 2.45) is 0 Å². The van der Waals surface area contributed by atoms with Gasteiger partial charge in [0.1, 0.15) is 5.82 Å². The summed E-state index contributed by atoms with van der Waals surface area (Å²) in [5, 5.41) is 0.0968. The van der Waals surface area contributed by atoms with Crippen LogP contribution in [0.5, 0.6) is 0 Å². The Bertz CT molecular complexity index is 426. The maximum Gasteiger partial charge on any atom is 0.236 e. The van der Waals surface area contributed by atoms with E-state index >= 15 is 0 Å². The van der Waals surface area contributed by atoms with Crippen LogP contribution >= 0.6 is 27.5 Å².